The highest BCUT2D eigenvalue weighted by Crippen LogP contribution is 2.10. The zero-order valence-electron chi connectivity index (χ0n) is 11.8. The number of amides is 1. The van der Waals surface area contributed by atoms with E-state index in [2.05, 4.69) is 5.32 Å². The van der Waals surface area contributed by atoms with E-state index in [9.17, 15) is 9.59 Å². The zero-order valence-corrected chi connectivity index (χ0v) is 11.8. The molecule has 0 saturated heterocycles. The van der Waals surface area contributed by atoms with Gasteiger partial charge in [0.05, 0.1) is 5.56 Å². The van der Waals surface area contributed by atoms with Crippen molar-refractivity contribution in [3.63, 3.8) is 0 Å². The number of benzene rings is 1. The van der Waals surface area contributed by atoms with Gasteiger partial charge < -0.3 is 15.2 Å². The lowest BCUT2D eigenvalue weighted by molar-refractivity contribution is 0.0533. The number of hydrogen-bond donors (Lipinski definition) is 2. The zero-order chi connectivity index (χ0) is 15.2. The Morgan fingerprint density at radius 1 is 1.30 bits per heavy atom. The molecule has 0 aromatic heterocycles. The van der Waals surface area contributed by atoms with Gasteiger partial charge in [-0.1, -0.05) is 30.4 Å². The molecule has 1 aromatic rings. The van der Waals surface area contributed by atoms with E-state index in [-0.39, 0.29) is 12.1 Å². The molecule has 5 nitrogen and oxygen atoms in total. The Labute approximate surface area is 118 Å². The first-order valence-electron chi connectivity index (χ1n) is 6.25. The first kappa shape index (κ1) is 15.8. The minimum Gasteiger partial charge on any atom is -0.478 e. The maximum absolute atomic E-state index is 11.4. The van der Waals surface area contributed by atoms with E-state index < -0.39 is 17.7 Å². The summed E-state index contributed by atoms with van der Waals surface area (Å²) >= 11 is 0. The molecular weight excluding hydrogens is 258 g/mol. The molecule has 1 amide bonds. The molecule has 0 radical (unpaired) electrons. The monoisotopic (exact) mass is 277 g/mol. The molecule has 0 saturated carbocycles. The number of carboxylic acid groups (broad SMARTS) is 1. The highest BCUT2D eigenvalue weighted by Gasteiger charge is 2.15. The number of alkyl carbamates (subject to hydrolysis) is 1. The van der Waals surface area contributed by atoms with Crippen molar-refractivity contribution < 1.29 is 19.4 Å². The van der Waals surface area contributed by atoms with Crippen LogP contribution in [0.25, 0.3) is 6.08 Å². The van der Waals surface area contributed by atoms with E-state index in [1.807, 2.05) is 0 Å². The summed E-state index contributed by atoms with van der Waals surface area (Å²) in [4.78, 5) is 22.4. The third kappa shape index (κ3) is 5.56. The second-order valence-electron chi connectivity index (χ2n) is 5.18. The Kier molecular flexibility index (Phi) is 5.32. The second kappa shape index (κ2) is 6.75. The predicted octanol–water partition coefficient (Wildman–Crippen LogP) is 2.92. The topological polar surface area (TPSA) is 75.6 Å². The van der Waals surface area contributed by atoms with Crippen LogP contribution >= 0.6 is 0 Å². The van der Waals surface area contributed by atoms with Gasteiger partial charge in [0.2, 0.25) is 0 Å². The van der Waals surface area contributed by atoms with E-state index in [1.54, 1.807) is 51.1 Å². The molecule has 0 aliphatic rings. The number of ether oxygens (including phenoxy) is 1. The lowest BCUT2D eigenvalue weighted by atomic mass is 10.1. The fraction of sp³-hybridized carbons (Fsp3) is 0.333. The van der Waals surface area contributed by atoms with Crippen molar-refractivity contribution in [1.29, 1.82) is 0 Å². The molecule has 0 aliphatic carbocycles. The number of rotatable bonds is 4. The fourth-order valence-corrected chi connectivity index (χ4v) is 1.48. The Morgan fingerprint density at radius 2 is 1.95 bits per heavy atom. The molecule has 108 valence electrons. The largest absolute Gasteiger partial charge is 0.478 e. The van der Waals surface area contributed by atoms with E-state index >= 15 is 0 Å². The number of carboxylic acids is 1. The maximum Gasteiger partial charge on any atom is 0.407 e. The first-order chi connectivity index (χ1) is 9.29. The summed E-state index contributed by atoms with van der Waals surface area (Å²) in [5.74, 6) is -0.981. The lowest BCUT2D eigenvalue weighted by Crippen LogP contribution is -2.32. The fourth-order valence-electron chi connectivity index (χ4n) is 1.48. The Bertz CT molecular complexity index is 515. The molecule has 0 fully saturated rings. The van der Waals surface area contributed by atoms with Gasteiger partial charge in [-0.15, -0.1) is 0 Å². The summed E-state index contributed by atoms with van der Waals surface area (Å²) < 4.78 is 5.07. The molecule has 2 N–H and O–H groups in total. The summed E-state index contributed by atoms with van der Waals surface area (Å²) in [5.41, 5.74) is 0.274. The Morgan fingerprint density at radius 3 is 2.55 bits per heavy atom. The molecule has 0 atom stereocenters. The van der Waals surface area contributed by atoms with E-state index in [0.29, 0.717) is 5.56 Å². The van der Waals surface area contributed by atoms with Crippen molar-refractivity contribution in [2.75, 3.05) is 6.54 Å². The third-order valence-electron chi connectivity index (χ3n) is 2.25. The molecular formula is C15H19NO4. The van der Waals surface area contributed by atoms with Gasteiger partial charge in [-0.05, 0) is 32.4 Å². The van der Waals surface area contributed by atoms with E-state index in [1.165, 1.54) is 6.07 Å². The Balaban J connectivity index is 2.54. The van der Waals surface area contributed by atoms with E-state index in [0.717, 1.165) is 0 Å². The second-order valence-corrected chi connectivity index (χ2v) is 5.18. The quantitative estimate of drug-likeness (QED) is 0.887. The van der Waals surface area contributed by atoms with Gasteiger partial charge in [0, 0.05) is 6.54 Å². The minimum atomic E-state index is -0.981. The van der Waals surface area contributed by atoms with E-state index in [4.69, 9.17) is 9.84 Å². The molecule has 5 heteroatoms. The van der Waals surface area contributed by atoms with Gasteiger partial charge in [0.1, 0.15) is 5.60 Å². The first-order valence-corrected chi connectivity index (χ1v) is 6.25. The van der Waals surface area contributed by atoms with Crippen molar-refractivity contribution in [3.05, 3.63) is 41.5 Å². The summed E-state index contributed by atoms with van der Waals surface area (Å²) in [6.45, 7) is 5.62. The molecule has 0 heterocycles. The minimum absolute atomic E-state index is 0.223. The van der Waals surface area contributed by atoms with Crippen molar-refractivity contribution in [1.82, 2.24) is 5.32 Å². The summed E-state index contributed by atoms with van der Waals surface area (Å²) in [7, 11) is 0. The smallest absolute Gasteiger partial charge is 0.407 e. The number of carbonyl (C=O) groups excluding carboxylic acids is 1. The van der Waals surface area contributed by atoms with Crippen LogP contribution in [-0.4, -0.2) is 29.3 Å². The highest BCUT2D eigenvalue weighted by atomic mass is 16.6. The summed E-state index contributed by atoms with van der Waals surface area (Å²) in [6, 6.07) is 6.66. The summed E-state index contributed by atoms with van der Waals surface area (Å²) in [5, 5.41) is 11.6. The standard InChI is InChI=1S/C15H19NO4/c1-15(2,3)20-14(19)16-10-6-8-11-7-4-5-9-12(11)13(17)18/h4-9H,10H2,1-3H3,(H,16,19)(H,17,18). The molecule has 0 spiro atoms. The van der Waals surface area contributed by atoms with Crippen LogP contribution in [0.4, 0.5) is 4.79 Å². The highest BCUT2D eigenvalue weighted by molar-refractivity contribution is 5.92. The van der Waals surface area contributed by atoms with Crippen LogP contribution in [-0.2, 0) is 4.74 Å². The van der Waals surface area contributed by atoms with Gasteiger partial charge in [-0.25, -0.2) is 9.59 Å². The van der Waals surface area contributed by atoms with Gasteiger partial charge >= 0.3 is 12.1 Å². The maximum atomic E-state index is 11.4. The van der Waals surface area contributed by atoms with Crippen molar-refractivity contribution in [3.8, 4) is 0 Å². The summed E-state index contributed by atoms with van der Waals surface area (Å²) in [6.07, 6.45) is 2.82. The van der Waals surface area contributed by atoms with Crippen LogP contribution in [0.1, 0.15) is 36.7 Å². The number of carbonyl (C=O) groups is 2. The van der Waals surface area contributed by atoms with Crippen molar-refractivity contribution >= 4 is 18.1 Å². The normalized spacial score (nSPS) is 11.3. The third-order valence-corrected chi connectivity index (χ3v) is 2.25. The number of aromatic carboxylic acids is 1. The van der Waals surface area contributed by atoms with Crippen LogP contribution in [0.3, 0.4) is 0 Å². The lowest BCUT2D eigenvalue weighted by Gasteiger charge is -2.19. The van der Waals surface area contributed by atoms with Crippen LogP contribution in [0, 0.1) is 0 Å². The SMILES string of the molecule is CC(C)(C)OC(=O)NCC=Cc1ccccc1C(=O)O. The van der Waals surface area contributed by atoms with Crippen LogP contribution < -0.4 is 5.32 Å². The van der Waals surface area contributed by atoms with Crippen molar-refractivity contribution in [2.45, 2.75) is 26.4 Å². The van der Waals surface area contributed by atoms with Gasteiger partial charge in [-0.2, -0.15) is 0 Å². The van der Waals surface area contributed by atoms with Gasteiger partial charge in [0.15, 0.2) is 0 Å². The van der Waals surface area contributed by atoms with Crippen LogP contribution in [0.2, 0.25) is 0 Å². The average Bonchev–Trinajstić information content (AvgIpc) is 2.33. The molecule has 0 bridgehead atoms. The molecule has 0 aliphatic heterocycles. The molecule has 1 aromatic carbocycles. The Hall–Kier alpha value is -2.30. The average molecular weight is 277 g/mol. The number of hydrogen-bond acceptors (Lipinski definition) is 3. The predicted molar refractivity (Wildman–Crippen MR) is 76.7 cm³/mol. The van der Waals surface area contributed by atoms with Gasteiger partial charge in [-0.3, -0.25) is 0 Å². The van der Waals surface area contributed by atoms with Gasteiger partial charge in [0.25, 0.3) is 0 Å². The molecule has 20 heavy (non-hydrogen) atoms. The van der Waals surface area contributed by atoms with Crippen LogP contribution in [0.5, 0.6) is 0 Å². The number of nitrogens with one attached hydrogen (secondary N) is 1. The molecule has 0 unspecified atom stereocenters. The van der Waals surface area contributed by atoms with Crippen LogP contribution in [0.15, 0.2) is 30.3 Å². The molecule has 1 rings (SSSR count). The van der Waals surface area contributed by atoms with Crippen molar-refractivity contribution in [2.24, 2.45) is 0 Å².